The molecule has 0 saturated heterocycles. The molecule has 0 spiro atoms. The van der Waals surface area contributed by atoms with Crippen molar-refractivity contribution in [1.82, 2.24) is 9.88 Å². The van der Waals surface area contributed by atoms with Crippen LogP contribution < -0.4 is 0 Å². The molecular formula is C21H25FN2O3S. The van der Waals surface area contributed by atoms with E-state index in [1.807, 2.05) is 0 Å². The average Bonchev–Trinajstić information content (AvgIpc) is 3.14. The van der Waals surface area contributed by atoms with Crippen LogP contribution in [0.15, 0.2) is 29.6 Å². The molecule has 1 amide bonds. The predicted molar refractivity (Wildman–Crippen MR) is 106 cm³/mol. The first-order chi connectivity index (χ1) is 13.4. The van der Waals surface area contributed by atoms with E-state index in [0.717, 1.165) is 25.7 Å². The number of carbonyl (C=O) groups excluding carboxylic acids is 2. The lowest BCUT2D eigenvalue weighted by molar-refractivity contribution is -0.152. The SMILES string of the molecule is CC1CCC(N(C)C(=O)COC(=O)Cc2csc(-c3cccc(F)c3)n2)CC1. The number of aromatic nitrogens is 1. The topological polar surface area (TPSA) is 59.5 Å². The van der Waals surface area contributed by atoms with Crippen LogP contribution >= 0.6 is 11.3 Å². The number of nitrogens with zero attached hydrogens (tertiary/aromatic N) is 2. The molecule has 0 unspecified atom stereocenters. The lowest BCUT2D eigenvalue weighted by atomic mass is 9.87. The summed E-state index contributed by atoms with van der Waals surface area (Å²) in [6, 6.07) is 6.40. The van der Waals surface area contributed by atoms with Gasteiger partial charge in [0.15, 0.2) is 6.61 Å². The summed E-state index contributed by atoms with van der Waals surface area (Å²) < 4.78 is 18.5. The number of esters is 1. The normalized spacial score (nSPS) is 19.2. The molecule has 1 aromatic heterocycles. The number of likely N-dealkylation sites (N-methyl/N-ethyl adjacent to an activating group) is 1. The van der Waals surface area contributed by atoms with Gasteiger partial charge in [-0.3, -0.25) is 9.59 Å². The zero-order valence-electron chi connectivity index (χ0n) is 16.2. The van der Waals surface area contributed by atoms with Gasteiger partial charge in [0.05, 0.1) is 12.1 Å². The van der Waals surface area contributed by atoms with Crippen LogP contribution in [-0.4, -0.2) is 41.5 Å². The fraction of sp³-hybridized carbons (Fsp3) is 0.476. The Hall–Kier alpha value is -2.28. The molecule has 1 heterocycles. The maximum Gasteiger partial charge on any atom is 0.312 e. The van der Waals surface area contributed by atoms with E-state index in [-0.39, 0.29) is 30.8 Å². The van der Waals surface area contributed by atoms with Crippen molar-refractivity contribution in [3.8, 4) is 10.6 Å². The molecule has 2 aromatic rings. The van der Waals surface area contributed by atoms with Gasteiger partial charge >= 0.3 is 5.97 Å². The summed E-state index contributed by atoms with van der Waals surface area (Å²) in [5.41, 5.74) is 1.22. The molecule has 5 nitrogen and oxygen atoms in total. The number of amides is 1. The van der Waals surface area contributed by atoms with E-state index in [1.165, 1.54) is 23.5 Å². The summed E-state index contributed by atoms with van der Waals surface area (Å²) in [5, 5.41) is 2.39. The number of benzene rings is 1. The van der Waals surface area contributed by atoms with E-state index in [1.54, 1.807) is 29.5 Å². The minimum Gasteiger partial charge on any atom is -0.455 e. The van der Waals surface area contributed by atoms with Gasteiger partial charge in [-0.1, -0.05) is 19.1 Å². The maximum atomic E-state index is 13.3. The van der Waals surface area contributed by atoms with Gasteiger partial charge in [-0.05, 0) is 43.7 Å². The van der Waals surface area contributed by atoms with Crippen LogP contribution in [0.3, 0.4) is 0 Å². The predicted octanol–water partition coefficient (Wildman–Crippen LogP) is 4.07. The zero-order valence-corrected chi connectivity index (χ0v) is 17.0. The fourth-order valence-electron chi connectivity index (χ4n) is 3.42. The Morgan fingerprint density at radius 1 is 1.29 bits per heavy atom. The molecule has 0 bridgehead atoms. The van der Waals surface area contributed by atoms with Crippen LogP contribution in [0.25, 0.3) is 10.6 Å². The minimum absolute atomic E-state index is 0.0102. The molecule has 7 heteroatoms. The number of hydrogen-bond acceptors (Lipinski definition) is 5. The Labute approximate surface area is 168 Å². The molecule has 0 atom stereocenters. The van der Waals surface area contributed by atoms with Crippen molar-refractivity contribution in [2.24, 2.45) is 5.92 Å². The van der Waals surface area contributed by atoms with Gasteiger partial charge in [0.2, 0.25) is 0 Å². The van der Waals surface area contributed by atoms with Crippen molar-refractivity contribution in [3.63, 3.8) is 0 Å². The highest BCUT2D eigenvalue weighted by Gasteiger charge is 2.25. The highest BCUT2D eigenvalue weighted by Crippen LogP contribution is 2.27. The Bertz CT molecular complexity index is 831. The standard InChI is InChI=1S/C21H25FN2O3S/c1-14-6-8-18(9-7-14)24(2)19(25)12-27-20(26)11-17-13-28-21(23-17)15-4-3-5-16(22)10-15/h3-5,10,13-14,18H,6-9,11-12H2,1-2H3. The Kier molecular flexibility index (Phi) is 6.78. The van der Waals surface area contributed by atoms with Crippen LogP contribution in [0.5, 0.6) is 0 Å². The molecule has 1 aliphatic rings. The van der Waals surface area contributed by atoms with Gasteiger partial charge in [-0.25, -0.2) is 9.37 Å². The summed E-state index contributed by atoms with van der Waals surface area (Å²) in [4.78, 5) is 30.4. The Balaban J connectivity index is 1.47. The van der Waals surface area contributed by atoms with Gasteiger partial charge in [0.25, 0.3) is 5.91 Å². The second-order valence-corrected chi connectivity index (χ2v) is 8.27. The largest absolute Gasteiger partial charge is 0.455 e. The zero-order chi connectivity index (χ0) is 20.1. The molecule has 1 fully saturated rings. The molecule has 0 aliphatic heterocycles. The maximum absolute atomic E-state index is 13.3. The van der Waals surface area contributed by atoms with Crippen LogP contribution in [0.2, 0.25) is 0 Å². The molecule has 3 rings (SSSR count). The Morgan fingerprint density at radius 3 is 2.75 bits per heavy atom. The van der Waals surface area contributed by atoms with Gasteiger partial charge < -0.3 is 9.64 Å². The van der Waals surface area contributed by atoms with E-state index in [0.29, 0.717) is 22.2 Å². The molecule has 0 N–H and O–H groups in total. The summed E-state index contributed by atoms with van der Waals surface area (Å²) in [7, 11) is 1.78. The first kappa shape index (κ1) is 20.5. The van der Waals surface area contributed by atoms with Crippen molar-refractivity contribution >= 4 is 23.2 Å². The Morgan fingerprint density at radius 2 is 2.04 bits per heavy atom. The summed E-state index contributed by atoms with van der Waals surface area (Å²) in [6.07, 6.45) is 4.24. The molecule has 150 valence electrons. The molecular weight excluding hydrogens is 379 g/mol. The van der Waals surface area contributed by atoms with Crippen LogP contribution in [0, 0.1) is 11.7 Å². The second kappa shape index (κ2) is 9.28. The van der Waals surface area contributed by atoms with E-state index in [9.17, 15) is 14.0 Å². The van der Waals surface area contributed by atoms with Crippen molar-refractivity contribution < 1.29 is 18.7 Å². The van der Waals surface area contributed by atoms with Crippen LogP contribution in [-0.2, 0) is 20.7 Å². The average molecular weight is 405 g/mol. The quantitative estimate of drug-likeness (QED) is 0.681. The van der Waals surface area contributed by atoms with Crippen molar-refractivity contribution in [2.45, 2.75) is 45.1 Å². The van der Waals surface area contributed by atoms with Gasteiger partial charge in [-0.15, -0.1) is 11.3 Å². The van der Waals surface area contributed by atoms with E-state index in [4.69, 9.17) is 4.74 Å². The van der Waals surface area contributed by atoms with Gasteiger partial charge in [0, 0.05) is 24.0 Å². The van der Waals surface area contributed by atoms with E-state index < -0.39 is 5.97 Å². The van der Waals surface area contributed by atoms with Gasteiger partial charge in [0.1, 0.15) is 10.8 Å². The molecule has 28 heavy (non-hydrogen) atoms. The second-order valence-electron chi connectivity index (χ2n) is 7.41. The number of thiazole rings is 1. The molecule has 0 radical (unpaired) electrons. The third kappa shape index (κ3) is 5.38. The van der Waals surface area contributed by atoms with E-state index >= 15 is 0 Å². The fourth-order valence-corrected chi connectivity index (χ4v) is 4.24. The van der Waals surface area contributed by atoms with Crippen LogP contribution in [0.1, 0.15) is 38.3 Å². The van der Waals surface area contributed by atoms with Crippen LogP contribution in [0.4, 0.5) is 4.39 Å². The summed E-state index contributed by atoms with van der Waals surface area (Å²) in [6.45, 7) is 1.99. The minimum atomic E-state index is -0.491. The number of hydrogen-bond donors (Lipinski definition) is 0. The van der Waals surface area contributed by atoms with Crippen molar-refractivity contribution in [3.05, 3.63) is 41.2 Å². The number of halogens is 1. The highest BCUT2D eigenvalue weighted by molar-refractivity contribution is 7.13. The smallest absolute Gasteiger partial charge is 0.312 e. The van der Waals surface area contributed by atoms with Crippen molar-refractivity contribution in [2.75, 3.05) is 13.7 Å². The van der Waals surface area contributed by atoms with E-state index in [2.05, 4.69) is 11.9 Å². The lowest BCUT2D eigenvalue weighted by Crippen LogP contribution is -2.41. The highest BCUT2D eigenvalue weighted by atomic mass is 32.1. The summed E-state index contributed by atoms with van der Waals surface area (Å²) in [5.74, 6) is -0.279. The first-order valence-electron chi connectivity index (χ1n) is 9.54. The molecule has 1 aromatic carbocycles. The number of carbonyl (C=O) groups is 2. The monoisotopic (exact) mass is 404 g/mol. The number of ether oxygens (including phenoxy) is 1. The molecule has 1 aliphatic carbocycles. The molecule has 1 saturated carbocycles. The lowest BCUT2D eigenvalue weighted by Gasteiger charge is -2.33. The first-order valence-corrected chi connectivity index (χ1v) is 10.4. The van der Waals surface area contributed by atoms with Crippen molar-refractivity contribution in [1.29, 1.82) is 0 Å². The third-order valence-corrected chi connectivity index (χ3v) is 6.17. The summed E-state index contributed by atoms with van der Waals surface area (Å²) >= 11 is 1.34. The number of rotatable bonds is 6. The van der Waals surface area contributed by atoms with Gasteiger partial charge in [-0.2, -0.15) is 0 Å². The third-order valence-electron chi connectivity index (χ3n) is 5.23.